The van der Waals surface area contributed by atoms with Gasteiger partial charge in [-0.25, -0.2) is 4.79 Å². The minimum absolute atomic E-state index is 0.157. The Labute approximate surface area is 179 Å². The van der Waals surface area contributed by atoms with Gasteiger partial charge in [0.2, 0.25) is 0 Å². The molecule has 10 heteroatoms. The van der Waals surface area contributed by atoms with Gasteiger partial charge in [0, 0.05) is 5.56 Å². The molecule has 0 aliphatic carbocycles. The van der Waals surface area contributed by atoms with Gasteiger partial charge in [0.25, 0.3) is 5.91 Å². The number of thioether (sulfide) groups is 1. The number of thiocarbonyl (C=S) groups is 1. The van der Waals surface area contributed by atoms with Gasteiger partial charge in [-0.2, -0.15) is 0 Å². The normalized spacial score (nSPS) is 15.6. The number of carbonyl (C=O) groups is 2. The van der Waals surface area contributed by atoms with Crippen molar-refractivity contribution in [3.63, 3.8) is 0 Å². The predicted octanol–water partition coefficient (Wildman–Crippen LogP) is 4.77. The largest absolute Gasteiger partial charge is 0.573 e. The van der Waals surface area contributed by atoms with E-state index in [0.29, 0.717) is 16.0 Å². The zero-order valence-electron chi connectivity index (χ0n) is 15.4. The topological polar surface area (TPSA) is 55.8 Å². The Bertz CT molecular complexity index is 1020. The number of halogens is 3. The number of alkyl halides is 3. The van der Waals surface area contributed by atoms with Crippen LogP contribution in [0.25, 0.3) is 6.08 Å². The van der Waals surface area contributed by atoms with E-state index in [4.69, 9.17) is 12.2 Å². The monoisotopic (exact) mass is 453 g/mol. The smallest absolute Gasteiger partial charge is 0.465 e. The second-order valence-corrected chi connectivity index (χ2v) is 7.71. The van der Waals surface area contributed by atoms with E-state index in [9.17, 15) is 22.8 Å². The molecule has 0 spiro atoms. The predicted molar refractivity (Wildman–Crippen MR) is 110 cm³/mol. The third-order valence-corrected chi connectivity index (χ3v) is 5.41. The first-order valence-corrected chi connectivity index (χ1v) is 9.68. The Kier molecular flexibility index (Phi) is 6.47. The second kappa shape index (κ2) is 8.88. The van der Waals surface area contributed by atoms with E-state index < -0.39 is 18.2 Å². The van der Waals surface area contributed by atoms with E-state index in [1.165, 1.54) is 30.2 Å². The van der Waals surface area contributed by atoms with Crippen LogP contribution in [0.5, 0.6) is 5.75 Å². The summed E-state index contributed by atoms with van der Waals surface area (Å²) >= 11 is 6.28. The molecule has 1 heterocycles. The van der Waals surface area contributed by atoms with Crippen molar-refractivity contribution in [2.45, 2.75) is 12.9 Å². The number of rotatable bonds is 5. The van der Waals surface area contributed by atoms with Gasteiger partial charge in [0.1, 0.15) is 10.1 Å². The van der Waals surface area contributed by atoms with Crippen molar-refractivity contribution in [2.24, 2.45) is 0 Å². The first-order chi connectivity index (χ1) is 14.2. The van der Waals surface area contributed by atoms with Gasteiger partial charge in [-0.05, 0) is 29.8 Å². The van der Waals surface area contributed by atoms with Gasteiger partial charge in [-0.1, -0.05) is 54.3 Å². The number of esters is 1. The quantitative estimate of drug-likeness (QED) is 0.369. The first-order valence-electron chi connectivity index (χ1n) is 8.45. The lowest BCUT2D eigenvalue weighted by atomic mass is 10.1. The van der Waals surface area contributed by atoms with Crippen LogP contribution in [0.15, 0.2) is 53.4 Å². The van der Waals surface area contributed by atoms with E-state index in [1.807, 2.05) is 0 Å². The maximum Gasteiger partial charge on any atom is 0.573 e. The van der Waals surface area contributed by atoms with Crippen LogP contribution in [-0.2, 0) is 16.1 Å². The Morgan fingerprint density at radius 1 is 1.17 bits per heavy atom. The lowest BCUT2D eigenvalue weighted by Crippen LogP contribution is -2.28. The molecule has 2 aromatic carbocycles. The summed E-state index contributed by atoms with van der Waals surface area (Å²) in [4.78, 5) is 25.8. The molecule has 1 saturated heterocycles. The number of carbonyl (C=O) groups excluding carboxylic acids is 2. The maximum absolute atomic E-state index is 12.8. The zero-order chi connectivity index (χ0) is 21.9. The third kappa shape index (κ3) is 5.19. The fourth-order valence-corrected chi connectivity index (χ4v) is 3.91. The summed E-state index contributed by atoms with van der Waals surface area (Å²) in [6.07, 6.45) is -3.25. The van der Waals surface area contributed by atoms with Crippen LogP contribution in [0.1, 0.15) is 21.5 Å². The summed E-state index contributed by atoms with van der Waals surface area (Å²) < 4.78 is 46.8. The van der Waals surface area contributed by atoms with E-state index in [2.05, 4.69) is 9.47 Å². The average molecular weight is 453 g/mol. The molecule has 156 valence electrons. The Morgan fingerprint density at radius 2 is 1.83 bits per heavy atom. The Morgan fingerprint density at radius 3 is 2.47 bits per heavy atom. The third-order valence-electron chi connectivity index (χ3n) is 4.03. The molecule has 0 atom stereocenters. The fraction of sp³-hybridized carbons (Fsp3) is 0.150. The van der Waals surface area contributed by atoms with Crippen LogP contribution in [0.4, 0.5) is 13.2 Å². The van der Waals surface area contributed by atoms with Crippen molar-refractivity contribution < 1.29 is 32.2 Å². The highest BCUT2D eigenvalue weighted by Gasteiger charge is 2.35. The number of ether oxygens (including phenoxy) is 2. The van der Waals surface area contributed by atoms with Crippen LogP contribution in [0.3, 0.4) is 0 Å². The highest BCUT2D eigenvalue weighted by molar-refractivity contribution is 8.26. The van der Waals surface area contributed by atoms with Gasteiger partial charge in [-0.15, -0.1) is 13.2 Å². The van der Waals surface area contributed by atoms with Gasteiger partial charge >= 0.3 is 12.3 Å². The second-order valence-electron chi connectivity index (χ2n) is 6.04. The van der Waals surface area contributed by atoms with Crippen LogP contribution in [0, 0.1) is 0 Å². The molecular weight excluding hydrogens is 439 g/mol. The van der Waals surface area contributed by atoms with Crippen molar-refractivity contribution in [3.8, 4) is 5.75 Å². The van der Waals surface area contributed by atoms with Crippen LogP contribution >= 0.6 is 24.0 Å². The van der Waals surface area contributed by atoms with Gasteiger partial charge in [0.15, 0.2) is 0 Å². The van der Waals surface area contributed by atoms with Crippen molar-refractivity contribution >= 4 is 46.3 Å². The van der Waals surface area contributed by atoms with Gasteiger partial charge in [-0.3, -0.25) is 9.69 Å². The molecule has 0 N–H and O–H groups in total. The van der Waals surface area contributed by atoms with Gasteiger partial charge < -0.3 is 9.47 Å². The molecular formula is C20H14F3NO4S2. The van der Waals surface area contributed by atoms with Gasteiger partial charge in [0.05, 0.1) is 24.1 Å². The molecule has 0 aromatic heterocycles. The van der Waals surface area contributed by atoms with E-state index in [1.54, 1.807) is 36.4 Å². The summed E-state index contributed by atoms with van der Waals surface area (Å²) in [5, 5.41) is 0. The number of amides is 1. The Hall–Kier alpha value is -2.85. The number of para-hydroxylation sites is 1. The number of benzene rings is 2. The molecule has 1 aliphatic rings. The molecule has 1 fully saturated rings. The van der Waals surface area contributed by atoms with E-state index in [0.717, 1.165) is 11.8 Å². The van der Waals surface area contributed by atoms with E-state index in [-0.39, 0.29) is 22.2 Å². The standard InChI is InChI=1S/C20H14F3NO4S2/c1-27-18(26)13-8-6-12(7-9-13)10-16-17(25)24(19(29)30-16)11-14-4-2-3-5-15(14)28-20(21,22)23/h2-10H,11H2,1H3/b16-10-. The molecule has 0 bridgehead atoms. The zero-order valence-corrected chi connectivity index (χ0v) is 17.1. The van der Waals surface area contributed by atoms with Crippen LogP contribution in [0.2, 0.25) is 0 Å². The molecule has 1 amide bonds. The first kappa shape index (κ1) is 21.8. The van der Waals surface area contributed by atoms with E-state index >= 15 is 0 Å². The van der Waals surface area contributed by atoms with Crippen LogP contribution in [-0.4, -0.2) is 34.6 Å². The molecule has 0 unspecified atom stereocenters. The molecule has 5 nitrogen and oxygen atoms in total. The number of hydrogen-bond donors (Lipinski definition) is 0. The summed E-state index contributed by atoms with van der Waals surface area (Å²) in [5.74, 6) is -1.29. The minimum atomic E-state index is -4.85. The number of hydrogen-bond acceptors (Lipinski definition) is 6. The molecule has 30 heavy (non-hydrogen) atoms. The van der Waals surface area contributed by atoms with Crippen LogP contribution < -0.4 is 4.74 Å². The minimum Gasteiger partial charge on any atom is -0.465 e. The molecule has 3 rings (SSSR count). The number of nitrogens with zero attached hydrogens (tertiary/aromatic N) is 1. The maximum atomic E-state index is 12.8. The SMILES string of the molecule is COC(=O)c1ccc(/C=C2\SC(=S)N(Cc3ccccc3OC(F)(F)F)C2=O)cc1. The highest BCUT2D eigenvalue weighted by atomic mass is 32.2. The molecule has 2 aromatic rings. The van der Waals surface area contributed by atoms with Crippen molar-refractivity contribution in [1.82, 2.24) is 4.90 Å². The number of methoxy groups -OCH3 is 1. The summed E-state index contributed by atoms with van der Waals surface area (Å²) in [6, 6.07) is 12.0. The lowest BCUT2D eigenvalue weighted by molar-refractivity contribution is -0.274. The molecule has 1 aliphatic heterocycles. The summed E-state index contributed by atoms with van der Waals surface area (Å²) in [6.45, 7) is -0.157. The summed E-state index contributed by atoms with van der Waals surface area (Å²) in [7, 11) is 1.28. The van der Waals surface area contributed by atoms with Crippen molar-refractivity contribution in [1.29, 1.82) is 0 Å². The molecule has 0 saturated carbocycles. The lowest BCUT2D eigenvalue weighted by Gasteiger charge is -2.18. The average Bonchev–Trinajstić information content (AvgIpc) is 2.95. The fourth-order valence-electron chi connectivity index (χ4n) is 2.65. The Balaban J connectivity index is 1.79. The summed E-state index contributed by atoms with van der Waals surface area (Å²) in [5.41, 5.74) is 1.20. The molecule has 0 radical (unpaired) electrons. The van der Waals surface area contributed by atoms with Crippen molar-refractivity contribution in [3.05, 3.63) is 70.1 Å². The van der Waals surface area contributed by atoms with Crippen molar-refractivity contribution in [2.75, 3.05) is 7.11 Å². The highest BCUT2D eigenvalue weighted by Crippen LogP contribution is 2.35.